The fourth-order valence-electron chi connectivity index (χ4n) is 1.13. The van der Waals surface area contributed by atoms with Crippen LogP contribution >= 0.6 is 0 Å². The number of ketones is 1. The summed E-state index contributed by atoms with van der Waals surface area (Å²) < 4.78 is 41.0. The molecule has 0 heterocycles. The Hall–Kier alpha value is -1.60. The number of halogens is 3. The smallest absolute Gasteiger partial charge is 0.454 e. The van der Waals surface area contributed by atoms with Crippen molar-refractivity contribution >= 4 is 11.5 Å². The fraction of sp³-hybridized carbons (Fsp3) is 0.222. The Morgan fingerprint density at radius 3 is 2.50 bits per heavy atom. The molecule has 0 fully saturated rings. The molecule has 88 valence electrons. The summed E-state index contributed by atoms with van der Waals surface area (Å²) in [5.41, 5.74) is -0.362. The van der Waals surface area contributed by atoms with Crippen LogP contribution in [-0.2, 0) is 0 Å². The summed E-state index contributed by atoms with van der Waals surface area (Å²) in [5.74, 6) is -1.87. The number of alkyl halides is 3. The van der Waals surface area contributed by atoms with Crippen molar-refractivity contribution in [3.05, 3.63) is 29.0 Å². The first-order chi connectivity index (χ1) is 7.40. The second-order valence-corrected chi connectivity index (χ2v) is 2.90. The van der Waals surface area contributed by atoms with Crippen molar-refractivity contribution in [1.29, 1.82) is 0 Å². The maximum Gasteiger partial charge on any atom is 0.454 e. The molecule has 0 aliphatic carbocycles. The highest BCUT2D eigenvalue weighted by molar-refractivity contribution is 6.00. The normalized spacial score (nSPS) is 11.3. The number of benzene rings is 1. The van der Waals surface area contributed by atoms with E-state index in [9.17, 15) is 23.2 Å². The van der Waals surface area contributed by atoms with E-state index in [-0.39, 0.29) is 11.4 Å². The lowest BCUT2D eigenvalue weighted by Gasteiger charge is -2.10. The Morgan fingerprint density at radius 2 is 2.06 bits per heavy atom. The molecular weight excluding hydrogens is 227 g/mol. The molecule has 0 spiro atoms. The number of nitrogens with two attached hydrogens (primary N) is 1. The number of rotatable bonds is 3. The van der Waals surface area contributed by atoms with Crippen molar-refractivity contribution < 1.29 is 28.2 Å². The highest BCUT2D eigenvalue weighted by Crippen LogP contribution is 2.26. The van der Waals surface area contributed by atoms with Crippen LogP contribution < -0.4 is 10.2 Å². The number of carbonyl (C=O) groups excluding carboxylic acids is 1. The molecule has 0 aromatic heterocycles. The summed E-state index contributed by atoms with van der Waals surface area (Å²) in [4.78, 5) is 10.9. The SMILES string of the molecule is COc1ccc(C(=O)C(F)(F)F)cc1[NH2+][O-]. The fourth-order valence-corrected chi connectivity index (χ4v) is 1.13. The minimum absolute atomic E-state index is 0.0994. The van der Waals surface area contributed by atoms with Crippen molar-refractivity contribution in [2.75, 3.05) is 7.11 Å². The molecule has 0 bridgehead atoms. The molecule has 0 radical (unpaired) electrons. The summed E-state index contributed by atoms with van der Waals surface area (Å²) in [7, 11) is 1.27. The number of methoxy groups -OCH3 is 1. The van der Waals surface area contributed by atoms with Gasteiger partial charge in [-0.25, -0.2) is 0 Å². The van der Waals surface area contributed by atoms with Gasteiger partial charge in [-0.15, -0.1) is 0 Å². The van der Waals surface area contributed by atoms with Gasteiger partial charge in [-0.2, -0.15) is 13.2 Å². The molecule has 1 aromatic rings. The Kier molecular flexibility index (Phi) is 3.51. The molecule has 16 heavy (non-hydrogen) atoms. The van der Waals surface area contributed by atoms with Gasteiger partial charge >= 0.3 is 6.18 Å². The van der Waals surface area contributed by atoms with Gasteiger partial charge in [0.05, 0.1) is 7.11 Å². The summed E-state index contributed by atoms with van der Waals surface area (Å²) in [5, 5.41) is 10.5. The predicted molar refractivity (Wildman–Crippen MR) is 48.3 cm³/mol. The van der Waals surface area contributed by atoms with Crippen molar-refractivity contribution in [1.82, 2.24) is 0 Å². The molecule has 2 N–H and O–H groups in total. The average Bonchev–Trinajstić information content (AvgIpc) is 2.25. The van der Waals surface area contributed by atoms with Crippen LogP contribution in [0.3, 0.4) is 0 Å². The van der Waals surface area contributed by atoms with Gasteiger partial charge in [0.15, 0.2) is 11.4 Å². The number of hydrogen-bond donors (Lipinski definition) is 1. The second-order valence-electron chi connectivity index (χ2n) is 2.90. The molecule has 0 aliphatic rings. The van der Waals surface area contributed by atoms with Crippen LogP contribution in [0.4, 0.5) is 18.9 Å². The predicted octanol–water partition coefficient (Wildman–Crippen LogP) is 1.13. The van der Waals surface area contributed by atoms with E-state index in [0.717, 1.165) is 18.2 Å². The number of carbonyl (C=O) groups is 1. The monoisotopic (exact) mass is 235 g/mol. The molecule has 0 saturated carbocycles. The second kappa shape index (κ2) is 4.50. The minimum Gasteiger partial charge on any atom is -0.630 e. The Balaban J connectivity index is 3.13. The molecule has 4 nitrogen and oxygen atoms in total. The topological polar surface area (TPSA) is 66.0 Å². The lowest BCUT2D eigenvalue weighted by atomic mass is 10.1. The summed E-state index contributed by atoms with van der Waals surface area (Å²) in [6, 6.07) is 2.95. The highest BCUT2D eigenvalue weighted by Gasteiger charge is 2.39. The minimum atomic E-state index is -4.95. The number of ether oxygens (including phenoxy) is 1. The zero-order valence-electron chi connectivity index (χ0n) is 8.17. The molecule has 1 rings (SSSR count). The summed E-state index contributed by atoms with van der Waals surface area (Å²) in [6.07, 6.45) is -4.95. The van der Waals surface area contributed by atoms with Crippen LogP contribution in [0.1, 0.15) is 10.4 Å². The lowest BCUT2D eigenvalue weighted by Crippen LogP contribution is -2.70. The maximum absolute atomic E-state index is 12.1. The van der Waals surface area contributed by atoms with Crippen molar-refractivity contribution in [2.24, 2.45) is 0 Å². The number of Topliss-reactive ketones (excluding diaryl/α,β-unsaturated/α-hetero) is 1. The largest absolute Gasteiger partial charge is 0.630 e. The van der Waals surface area contributed by atoms with Crippen molar-refractivity contribution in [2.45, 2.75) is 6.18 Å². The van der Waals surface area contributed by atoms with E-state index in [1.165, 1.54) is 7.11 Å². The van der Waals surface area contributed by atoms with Gasteiger partial charge in [0, 0.05) is 11.6 Å². The quantitative estimate of drug-likeness (QED) is 0.485. The van der Waals surface area contributed by atoms with E-state index in [2.05, 4.69) is 0 Å². The third-order valence-corrected chi connectivity index (χ3v) is 1.88. The molecule has 0 aliphatic heterocycles. The third-order valence-electron chi connectivity index (χ3n) is 1.88. The van der Waals surface area contributed by atoms with Gasteiger partial charge in [0.25, 0.3) is 5.78 Å². The standard InChI is InChI=1S/C9H8F3NO3/c1-16-7-3-2-5(4-6(7)13-15)8(14)9(10,11)12/h2-4H,13H2,1H3. The van der Waals surface area contributed by atoms with Crippen LogP contribution in [0.15, 0.2) is 18.2 Å². The van der Waals surface area contributed by atoms with E-state index in [1.807, 2.05) is 0 Å². The lowest BCUT2D eigenvalue weighted by molar-refractivity contribution is -0.497. The Morgan fingerprint density at radius 1 is 1.44 bits per heavy atom. The molecule has 1 aromatic carbocycles. The Bertz CT molecular complexity index is 403. The molecule has 7 heteroatoms. The zero-order chi connectivity index (χ0) is 12.3. The van der Waals surface area contributed by atoms with Gasteiger partial charge in [-0.3, -0.25) is 4.79 Å². The summed E-state index contributed by atoms with van der Waals surface area (Å²) >= 11 is 0. The molecule has 0 saturated heterocycles. The third kappa shape index (κ3) is 2.50. The van der Waals surface area contributed by atoms with E-state index in [0.29, 0.717) is 5.48 Å². The van der Waals surface area contributed by atoms with E-state index in [4.69, 9.17) is 4.74 Å². The zero-order valence-corrected chi connectivity index (χ0v) is 8.17. The van der Waals surface area contributed by atoms with Gasteiger partial charge in [-0.05, 0) is 12.1 Å². The van der Waals surface area contributed by atoms with Crippen LogP contribution in [0.2, 0.25) is 0 Å². The van der Waals surface area contributed by atoms with Crippen LogP contribution in [-0.4, -0.2) is 19.1 Å². The first-order valence-electron chi connectivity index (χ1n) is 4.15. The van der Waals surface area contributed by atoms with Gasteiger partial charge in [0.1, 0.15) is 0 Å². The Labute approximate surface area is 88.6 Å². The molecular formula is C9H8F3NO3. The molecule has 0 atom stereocenters. The van der Waals surface area contributed by atoms with Crippen molar-refractivity contribution in [3.8, 4) is 5.75 Å². The van der Waals surface area contributed by atoms with Crippen LogP contribution in [0.25, 0.3) is 0 Å². The molecule has 0 amide bonds. The van der Waals surface area contributed by atoms with Gasteiger partial charge < -0.3 is 15.4 Å². The van der Waals surface area contributed by atoms with E-state index < -0.39 is 17.5 Å². The molecule has 0 unspecified atom stereocenters. The van der Waals surface area contributed by atoms with Crippen molar-refractivity contribution in [3.63, 3.8) is 0 Å². The van der Waals surface area contributed by atoms with E-state index in [1.54, 1.807) is 0 Å². The first kappa shape index (κ1) is 12.5. The van der Waals surface area contributed by atoms with Gasteiger partial charge in [-0.1, -0.05) is 0 Å². The number of quaternary nitrogens is 1. The summed E-state index contributed by atoms with van der Waals surface area (Å²) in [6.45, 7) is 0. The van der Waals surface area contributed by atoms with Crippen LogP contribution in [0, 0.1) is 5.21 Å². The van der Waals surface area contributed by atoms with Gasteiger partial charge in [0.2, 0.25) is 0 Å². The highest BCUT2D eigenvalue weighted by atomic mass is 19.4. The average molecular weight is 235 g/mol. The maximum atomic E-state index is 12.1. The number of hydrogen-bond acceptors (Lipinski definition) is 3. The van der Waals surface area contributed by atoms with Crippen LogP contribution in [0.5, 0.6) is 5.75 Å². The van der Waals surface area contributed by atoms with E-state index >= 15 is 0 Å². The first-order valence-corrected chi connectivity index (χ1v) is 4.15.